The molecule has 0 bridgehead atoms. The van der Waals surface area contributed by atoms with Crippen molar-refractivity contribution in [1.29, 1.82) is 0 Å². The van der Waals surface area contributed by atoms with Crippen molar-refractivity contribution in [3.8, 4) is 0 Å². The van der Waals surface area contributed by atoms with Gasteiger partial charge in [0.25, 0.3) is 0 Å². The first-order valence-electron chi connectivity index (χ1n) is 6.89. The zero-order valence-electron chi connectivity index (χ0n) is 11.0. The number of benzene rings is 1. The van der Waals surface area contributed by atoms with Crippen LogP contribution in [-0.4, -0.2) is 28.8 Å². The summed E-state index contributed by atoms with van der Waals surface area (Å²) in [7, 11) is 0. The predicted octanol–water partition coefficient (Wildman–Crippen LogP) is 2.25. The number of rotatable bonds is 5. The number of nitrogens with one attached hydrogen (secondary N) is 1. The normalized spacial score (nSPS) is 22.1. The minimum atomic E-state index is -0.844. The van der Waals surface area contributed by atoms with E-state index < -0.39 is 5.97 Å². The number of hydrogen-bond acceptors (Lipinski definition) is 3. The number of carboxylic acids is 1. The van der Waals surface area contributed by atoms with Gasteiger partial charge >= 0.3 is 5.97 Å². The van der Waals surface area contributed by atoms with E-state index in [1.165, 1.54) is 0 Å². The van der Waals surface area contributed by atoms with Crippen molar-refractivity contribution in [2.75, 3.05) is 5.75 Å². The Bertz CT molecular complexity index is 542. The lowest BCUT2D eigenvalue weighted by Gasteiger charge is -2.19. The Morgan fingerprint density at radius 2 is 2.10 bits per heavy atom. The number of aliphatic carboxylic acids is 1. The van der Waals surface area contributed by atoms with Gasteiger partial charge in [-0.15, -0.1) is 11.8 Å². The van der Waals surface area contributed by atoms with E-state index in [4.69, 9.17) is 5.11 Å². The molecular formula is C15H17NO3S. The lowest BCUT2D eigenvalue weighted by molar-refractivity contribution is -0.137. The van der Waals surface area contributed by atoms with E-state index in [1.54, 1.807) is 11.8 Å². The summed E-state index contributed by atoms with van der Waals surface area (Å²) in [6.07, 6.45) is 2.07. The molecule has 1 aliphatic carbocycles. The molecule has 0 spiro atoms. The monoisotopic (exact) mass is 291 g/mol. The molecule has 2 aliphatic rings. The molecule has 0 aromatic heterocycles. The fourth-order valence-corrected chi connectivity index (χ4v) is 3.91. The summed E-state index contributed by atoms with van der Waals surface area (Å²) < 4.78 is 0. The van der Waals surface area contributed by atoms with Gasteiger partial charge in [-0.25, -0.2) is 0 Å². The quantitative estimate of drug-likeness (QED) is 0.873. The van der Waals surface area contributed by atoms with Crippen molar-refractivity contribution >= 4 is 23.6 Å². The van der Waals surface area contributed by atoms with Gasteiger partial charge in [0.15, 0.2) is 0 Å². The Labute approximate surface area is 121 Å². The molecule has 0 radical (unpaired) electrons. The largest absolute Gasteiger partial charge is 0.481 e. The van der Waals surface area contributed by atoms with Crippen molar-refractivity contribution in [1.82, 2.24) is 5.32 Å². The third kappa shape index (κ3) is 2.82. The maximum absolute atomic E-state index is 12.4. The minimum absolute atomic E-state index is 0.0257. The van der Waals surface area contributed by atoms with Gasteiger partial charge in [-0.1, -0.05) is 18.2 Å². The molecule has 0 saturated heterocycles. The van der Waals surface area contributed by atoms with E-state index in [9.17, 15) is 9.59 Å². The second kappa shape index (κ2) is 5.48. The SMILES string of the molecule is O=C(O)CC(NC(=O)C1CSc2ccccc21)C1CC1. The van der Waals surface area contributed by atoms with Crippen LogP contribution in [0.25, 0.3) is 0 Å². The van der Waals surface area contributed by atoms with Crippen LogP contribution in [0, 0.1) is 5.92 Å². The summed E-state index contributed by atoms with van der Waals surface area (Å²) >= 11 is 1.69. The highest BCUT2D eigenvalue weighted by Crippen LogP contribution is 2.40. The summed E-state index contributed by atoms with van der Waals surface area (Å²) in [5.74, 6) is 0.0740. The predicted molar refractivity (Wildman–Crippen MR) is 76.8 cm³/mol. The van der Waals surface area contributed by atoms with E-state index in [-0.39, 0.29) is 24.3 Å². The molecule has 1 aromatic carbocycles. The topological polar surface area (TPSA) is 66.4 Å². The number of carbonyl (C=O) groups excluding carboxylic acids is 1. The molecule has 2 atom stereocenters. The lowest BCUT2D eigenvalue weighted by atomic mass is 9.99. The summed E-state index contributed by atoms with van der Waals surface area (Å²) in [5, 5.41) is 11.9. The van der Waals surface area contributed by atoms with Gasteiger partial charge in [0, 0.05) is 16.7 Å². The Balaban J connectivity index is 1.68. The summed E-state index contributed by atoms with van der Waals surface area (Å²) in [6, 6.07) is 7.73. The molecule has 106 valence electrons. The molecule has 1 amide bonds. The highest BCUT2D eigenvalue weighted by molar-refractivity contribution is 7.99. The van der Waals surface area contributed by atoms with Gasteiger partial charge in [-0.2, -0.15) is 0 Å². The average Bonchev–Trinajstić information content (AvgIpc) is 3.16. The first kappa shape index (κ1) is 13.5. The van der Waals surface area contributed by atoms with Gasteiger partial charge in [0.1, 0.15) is 0 Å². The number of amides is 1. The van der Waals surface area contributed by atoms with Crippen molar-refractivity contribution in [3.63, 3.8) is 0 Å². The number of hydrogen-bond donors (Lipinski definition) is 2. The van der Waals surface area contributed by atoms with E-state index in [0.717, 1.165) is 29.1 Å². The van der Waals surface area contributed by atoms with Gasteiger partial charge in [0.2, 0.25) is 5.91 Å². The standard InChI is InChI=1S/C15H17NO3S/c17-14(18)7-12(9-5-6-9)16-15(19)11-8-20-13-4-2-1-3-10(11)13/h1-4,9,11-12H,5-8H2,(H,16,19)(H,17,18). The number of carbonyl (C=O) groups is 2. The number of carboxylic acid groups (broad SMARTS) is 1. The van der Waals surface area contributed by atoms with Gasteiger partial charge in [0.05, 0.1) is 12.3 Å². The number of fused-ring (bicyclic) bond motifs is 1. The van der Waals surface area contributed by atoms with E-state index in [1.807, 2.05) is 24.3 Å². The van der Waals surface area contributed by atoms with Crippen molar-refractivity contribution in [2.24, 2.45) is 5.92 Å². The second-order valence-electron chi connectivity index (χ2n) is 5.45. The van der Waals surface area contributed by atoms with Crippen LogP contribution in [0.15, 0.2) is 29.2 Å². The van der Waals surface area contributed by atoms with Crippen LogP contribution in [-0.2, 0) is 9.59 Å². The van der Waals surface area contributed by atoms with Crippen LogP contribution in [0.3, 0.4) is 0 Å². The molecule has 1 heterocycles. The first-order valence-corrected chi connectivity index (χ1v) is 7.87. The molecule has 2 unspecified atom stereocenters. The maximum atomic E-state index is 12.4. The molecule has 2 N–H and O–H groups in total. The van der Waals surface area contributed by atoms with Crippen LogP contribution < -0.4 is 5.32 Å². The summed E-state index contributed by atoms with van der Waals surface area (Å²) in [6.45, 7) is 0. The highest BCUT2D eigenvalue weighted by atomic mass is 32.2. The average molecular weight is 291 g/mol. The molecule has 5 heteroatoms. The Morgan fingerprint density at radius 1 is 1.35 bits per heavy atom. The smallest absolute Gasteiger partial charge is 0.305 e. The van der Waals surface area contributed by atoms with E-state index >= 15 is 0 Å². The van der Waals surface area contributed by atoms with E-state index in [2.05, 4.69) is 5.32 Å². The van der Waals surface area contributed by atoms with Crippen LogP contribution in [0.2, 0.25) is 0 Å². The highest BCUT2D eigenvalue weighted by Gasteiger charge is 2.36. The van der Waals surface area contributed by atoms with Crippen molar-refractivity contribution in [3.05, 3.63) is 29.8 Å². The molecule has 4 nitrogen and oxygen atoms in total. The molecule has 1 saturated carbocycles. The Hall–Kier alpha value is -1.49. The van der Waals surface area contributed by atoms with Gasteiger partial charge in [-0.05, 0) is 30.4 Å². The zero-order valence-corrected chi connectivity index (χ0v) is 11.9. The molecule has 1 aromatic rings. The van der Waals surface area contributed by atoms with Crippen LogP contribution in [0.5, 0.6) is 0 Å². The first-order chi connectivity index (χ1) is 9.65. The Kier molecular flexibility index (Phi) is 3.70. The van der Waals surface area contributed by atoms with Crippen LogP contribution >= 0.6 is 11.8 Å². The minimum Gasteiger partial charge on any atom is -0.481 e. The third-order valence-corrected chi connectivity index (χ3v) is 5.11. The molecular weight excluding hydrogens is 274 g/mol. The fourth-order valence-electron chi connectivity index (χ4n) is 2.69. The molecule has 1 aliphatic heterocycles. The van der Waals surface area contributed by atoms with Gasteiger partial charge in [-0.3, -0.25) is 9.59 Å². The molecule has 1 fully saturated rings. The Morgan fingerprint density at radius 3 is 2.80 bits per heavy atom. The lowest BCUT2D eigenvalue weighted by Crippen LogP contribution is -2.40. The fraction of sp³-hybridized carbons (Fsp3) is 0.467. The van der Waals surface area contributed by atoms with Crippen LogP contribution in [0.4, 0.5) is 0 Å². The third-order valence-electron chi connectivity index (χ3n) is 3.93. The molecule has 20 heavy (non-hydrogen) atoms. The second-order valence-corrected chi connectivity index (χ2v) is 6.51. The summed E-state index contributed by atoms with van der Waals surface area (Å²) in [4.78, 5) is 24.5. The maximum Gasteiger partial charge on any atom is 0.305 e. The zero-order chi connectivity index (χ0) is 14.1. The van der Waals surface area contributed by atoms with Crippen molar-refractivity contribution < 1.29 is 14.7 Å². The summed E-state index contributed by atoms with van der Waals surface area (Å²) in [5.41, 5.74) is 1.07. The van der Waals surface area contributed by atoms with Crippen molar-refractivity contribution in [2.45, 2.75) is 36.1 Å². The molecule has 3 rings (SSSR count). The number of thioether (sulfide) groups is 1. The van der Waals surface area contributed by atoms with Crippen LogP contribution in [0.1, 0.15) is 30.7 Å². The van der Waals surface area contributed by atoms with E-state index in [0.29, 0.717) is 5.92 Å². The van der Waals surface area contributed by atoms with Gasteiger partial charge < -0.3 is 10.4 Å².